The summed E-state index contributed by atoms with van der Waals surface area (Å²) >= 11 is 0. The fourth-order valence-corrected chi connectivity index (χ4v) is 4.91. The van der Waals surface area contributed by atoms with Crippen LogP contribution in [-0.2, 0) is 11.0 Å². The number of hydrogen-bond donors (Lipinski definition) is 1. The van der Waals surface area contributed by atoms with Gasteiger partial charge in [-0.15, -0.1) is 0 Å². The highest BCUT2D eigenvalue weighted by atomic mass is 32.2. The van der Waals surface area contributed by atoms with Crippen molar-refractivity contribution in [3.05, 3.63) is 94.7 Å². The van der Waals surface area contributed by atoms with E-state index in [1.54, 1.807) is 36.4 Å². The number of rotatable bonds is 7. The van der Waals surface area contributed by atoms with Crippen LogP contribution in [0.5, 0.6) is 11.5 Å². The molecule has 0 aliphatic heterocycles. The van der Waals surface area contributed by atoms with Gasteiger partial charge in [-0.2, -0.15) is 5.26 Å². The predicted molar refractivity (Wildman–Crippen MR) is 139 cm³/mol. The molecule has 2 heterocycles. The van der Waals surface area contributed by atoms with Gasteiger partial charge in [0.1, 0.15) is 29.6 Å². The molecule has 11 heteroatoms. The highest BCUT2D eigenvalue weighted by Gasteiger charge is 2.18. The molecule has 3 aromatic carbocycles. The summed E-state index contributed by atoms with van der Waals surface area (Å²) in [4.78, 5) is 13.4. The third kappa shape index (κ3) is 4.49. The van der Waals surface area contributed by atoms with Crippen molar-refractivity contribution in [1.29, 1.82) is 5.26 Å². The summed E-state index contributed by atoms with van der Waals surface area (Å²) < 4.78 is 47.7. The van der Waals surface area contributed by atoms with Crippen LogP contribution in [0.1, 0.15) is 5.56 Å². The lowest BCUT2D eigenvalue weighted by Crippen LogP contribution is -2.18. The number of nitrogens with one attached hydrogen (secondary N) is 1. The number of halogens is 1. The molecule has 0 spiro atoms. The van der Waals surface area contributed by atoms with E-state index in [4.69, 9.17) is 14.0 Å². The van der Waals surface area contributed by atoms with Gasteiger partial charge in [-0.05, 0) is 48.0 Å². The molecule has 1 N–H and O–H groups in total. The minimum Gasteiger partial charge on any atom is -0.495 e. The second-order valence-electron chi connectivity index (χ2n) is 8.01. The van der Waals surface area contributed by atoms with Gasteiger partial charge in [0, 0.05) is 29.1 Å². The van der Waals surface area contributed by atoms with Gasteiger partial charge in [0.2, 0.25) is 0 Å². The summed E-state index contributed by atoms with van der Waals surface area (Å²) in [6, 6.07) is 18.8. The zero-order chi connectivity index (χ0) is 26.8. The van der Waals surface area contributed by atoms with Crippen molar-refractivity contribution in [2.75, 3.05) is 18.9 Å². The lowest BCUT2D eigenvalue weighted by Gasteiger charge is -2.17. The quantitative estimate of drug-likeness (QED) is 0.321. The number of ether oxygens (including phenoxy) is 2. The molecular weight excluding hydrogens is 511 g/mol. The van der Waals surface area contributed by atoms with Crippen LogP contribution in [0.2, 0.25) is 0 Å². The largest absolute Gasteiger partial charge is 0.495 e. The zero-order valence-corrected chi connectivity index (χ0v) is 20.9. The zero-order valence-electron chi connectivity index (χ0n) is 20.1. The smallest absolute Gasteiger partial charge is 0.255 e. The molecule has 9 nitrogen and oxygen atoms in total. The van der Waals surface area contributed by atoms with Gasteiger partial charge in [0.15, 0.2) is 16.8 Å². The molecule has 0 aliphatic rings. The Morgan fingerprint density at radius 1 is 1.03 bits per heavy atom. The molecule has 0 saturated heterocycles. The standard InChI is InChI=1S/C27H19FN4O5S/c1-35-24-7-3-16(11-18(24)15-29)20-13-25(36-2)23(14-21(20)28)32-22-6-5-19(12-17(22)4-8-27(32)33)38(34)31-26-9-10-37-30-26/h3-14H,1-2H3,(H,30,31). The second kappa shape index (κ2) is 10.2. The first-order valence-corrected chi connectivity index (χ1v) is 12.3. The molecule has 1 atom stereocenters. The molecule has 0 bridgehead atoms. The van der Waals surface area contributed by atoms with Crippen molar-refractivity contribution in [3.8, 4) is 34.4 Å². The van der Waals surface area contributed by atoms with Crippen molar-refractivity contribution in [3.63, 3.8) is 0 Å². The van der Waals surface area contributed by atoms with E-state index in [1.807, 2.05) is 6.07 Å². The Kier molecular flexibility index (Phi) is 6.64. The first kappa shape index (κ1) is 24.7. The number of nitrogens with zero attached hydrogens (tertiary/aromatic N) is 3. The molecule has 2 aromatic heterocycles. The van der Waals surface area contributed by atoms with E-state index in [1.165, 1.54) is 55.4 Å². The van der Waals surface area contributed by atoms with Crippen LogP contribution in [0, 0.1) is 17.1 Å². The van der Waals surface area contributed by atoms with Gasteiger partial charge in [-0.3, -0.25) is 14.1 Å². The maximum absolute atomic E-state index is 15.5. The SMILES string of the molecule is COc1ccc(-c2cc(OC)c(-n3c(=O)ccc4cc(S(=O)Nc5ccon5)ccc43)cc2F)cc1C#N. The molecule has 0 radical (unpaired) electrons. The summed E-state index contributed by atoms with van der Waals surface area (Å²) in [6.07, 6.45) is 1.35. The van der Waals surface area contributed by atoms with Crippen LogP contribution in [0.3, 0.4) is 0 Å². The summed E-state index contributed by atoms with van der Waals surface area (Å²) in [5, 5.41) is 13.7. The molecular formula is C27H19FN4O5S. The van der Waals surface area contributed by atoms with Gasteiger partial charge in [0.05, 0.1) is 35.9 Å². The Morgan fingerprint density at radius 2 is 1.84 bits per heavy atom. The normalized spacial score (nSPS) is 11.6. The number of methoxy groups -OCH3 is 2. The van der Waals surface area contributed by atoms with E-state index in [0.717, 1.165) is 0 Å². The third-order valence-corrected chi connectivity index (χ3v) is 6.93. The average Bonchev–Trinajstić information content (AvgIpc) is 3.45. The lowest BCUT2D eigenvalue weighted by molar-refractivity contribution is 0.412. The minimum absolute atomic E-state index is 0.188. The fraction of sp³-hybridized carbons (Fsp3) is 0.0741. The Balaban J connectivity index is 1.61. The molecule has 0 amide bonds. The van der Waals surface area contributed by atoms with Crippen molar-refractivity contribution < 1.29 is 22.6 Å². The first-order chi connectivity index (χ1) is 18.4. The van der Waals surface area contributed by atoms with E-state index < -0.39 is 22.4 Å². The molecule has 38 heavy (non-hydrogen) atoms. The van der Waals surface area contributed by atoms with Crippen LogP contribution >= 0.6 is 0 Å². The number of nitriles is 1. The minimum atomic E-state index is -1.64. The van der Waals surface area contributed by atoms with Crippen LogP contribution in [0.15, 0.2) is 87.2 Å². The molecule has 190 valence electrons. The number of hydrogen-bond acceptors (Lipinski definition) is 7. The van der Waals surface area contributed by atoms with Gasteiger partial charge in [-0.25, -0.2) is 8.60 Å². The molecule has 5 aromatic rings. The van der Waals surface area contributed by atoms with Gasteiger partial charge >= 0.3 is 0 Å². The number of aromatic nitrogens is 2. The molecule has 1 unspecified atom stereocenters. The maximum atomic E-state index is 15.5. The monoisotopic (exact) mass is 530 g/mol. The van der Waals surface area contributed by atoms with Crippen molar-refractivity contribution in [2.45, 2.75) is 4.90 Å². The molecule has 0 fully saturated rings. The van der Waals surface area contributed by atoms with E-state index in [2.05, 4.69) is 9.88 Å². The predicted octanol–water partition coefficient (Wildman–Crippen LogP) is 4.81. The van der Waals surface area contributed by atoms with Gasteiger partial charge < -0.3 is 14.0 Å². The van der Waals surface area contributed by atoms with E-state index >= 15 is 4.39 Å². The van der Waals surface area contributed by atoms with Gasteiger partial charge in [0.25, 0.3) is 5.56 Å². The number of fused-ring (bicyclic) bond motifs is 1. The summed E-state index contributed by atoms with van der Waals surface area (Å²) in [5.41, 5.74) is 1.13. The number of anilines is 1. The Hall–Kier alpha value is -4.95. The second-order valence-corrected chi connectivity index (χ2v) is 9.23. The van der Waals surface area contributed by atoms with E-state index in [9.17, 15) is 14.3 Å². The van der Waals surface area contributed by atoms with Gasteiger partial charge in [-0.1, -0.05) is 11.2 Å². The highest BCUT2D eigenvalue weighted by molar-refractivity contribution is 7.86. The molecule has 5 rings (SSSR count). The summed E-state index contributed by atoms with van der Waals surface area (Å²) in [7, 11) is 1.23. The first-order valence-electron chi connectivity index (χ1n) is 11.1. The van der Waals surface area contributed by atoms with Crippen molar-refractivity contribution in [1.82, 2.24) is 9.72 Å². The highest BCUT2D eigenvalue weighted by Crippen LogP contribution is 2.35. The van der Waals surface area contributed by atoms with Crippen LogP contribution < -0.4 is 19.8 Å². The van der Waals surface area contributed by atoms with Crippen molar-refractivity contribution in [2.24, 2.45) is 0 Å². The topological polar surface area (TPSA) is 119 Å². The Morgan fingerprint density at radius 3 is 2.55 bits per heavy atom. The summed E-state index contributed by atoms with van der Waals surface area (Å²) in [5.74, 6) is 0.311. The molecule has 0 saturated carbocycles. The third-order valence-electron chi connectivity index (χ3n) is 5.86. The maximum Gasteiger partial charge on any atom is 0.255 e. The fourth-order valence-electron chi connectivity index (χ4n) is 4.07. The number of benzene rings is 3. The Labute approximate surface area is 218 Å². The van der Waals surface area contributed by atoms with Crippen molar-refractivity contribution >= 4 is 27.7 Å². The average molecular weight is 531 g/mol. The lowest BCUT2D eigenvalue weighted by atomic mass is 10.0. The molecule has 0 aliphatic carbocycles. The Bertz CT molecular complexity index is 1790. The van der Waals surface area contributed by atoms with E-state index in [-0.39, 0.29) is 22.6 Å². The number of pyridine rings is 1. The van der Waals surface area contributed by atoms with Crippen LogP contribution in [0.4, 0.5) is 10.2 Å². The summed E-state index contributed by atoms with van der Waals surface area (Å²) in [6.45, 7) is 0. The van der Waals surface area contributed by atoms with Crippen LogP contribution in [0.25, 0.3) is 27.7 Å². The van der Waals surface area contributed by atoms with E-state index in [0.29, 0.717) is 32.9 Å². The van der Waals surface area contributed by atoms with Crippen LogP contribution in [-0.4, -0.2) is 28.2 Å².